The average molecular weight is 444 g/mol. The third kappa shape index (κ3) is 5.78. The highest BCUT2D eigenvalue weighted by Gasteiger charge is 2.37. The Labute approximate surface area is 189 Å². The zero-order chi connectivity index (χ0) is 23.6. The van der Waals surface area contributed by atoms with E-state index in [-0.39, 0.29) is 47.8 Å². The molecule has 2 amide bonds. The molecule has 1 aromatic rings. The maximum atomic E-state index is 13.4. The van der Waals surface area contributed by atoms with Gasteiger partial charge in [0.1, 0.15) is 17.3 Å². The van der Waals surface area contributed by atoms with E-state index in [0.29, 0.717) is 18.7 Å². The molecule has 0 spiro atoms. The largest absolute Gasteiger partial charge is 0.472 e. The lowest BCUT2D eigenvalue weighted by molar-refractivity contribution is -0.132. The molecule has 8 nitrogen and oxygen atoms in total. The van der Waals surface area contributed by atoms with Gasteiger partial charge in [0.15, 0.2) is 0 Å². The van der Waals surface area contributed by atoms with Gasteiger partial charge in [0.05, 0.1) is 19.2 Å². The van der Waals surface area contributed by atoms with Crippen LogP contribution in [0.15, 0.2) is 12.3 Å². The summed E-state index contributed by atoms with van der Waals surface area (Å²) < 4.78 is 6.19. The molecular formula is C24H33N3O5. The van der Waals surface area contributed by atoms with Crippen molar-refractivity contribution in [1.29, 1.82) is 0 Å². The van der Waals surface area contributed by atoms with Crippen LogP contribution in [-0.2, 0) is 4.79 Å². The summed E-state index contributed by atoms with van der Waals surface area (Å²) in [6, 6.07) is 1.21. The zero-order valence-corrected chi connectivity index (χ0v) is 19.5. The molecular weight excluding hydrogens is 410 g/mol. The summed E-state index contributed by atoms with van der Waals surface area (Å²) in [7, 11) is 1.78. The number of pyridine rings is 1. The molecule has 3 rings (SSSR count). The van der Waals surface area contributed by atoms with Gasteiger partial charge in [-0.15, -0.1) is 0 Å². The number of amides is 2. The first kappa shape index (κ1) is 24.0. The maximum absolute atomic E-state index is 13.4. The summed E-state index contributed by atoms with van der Waals surface area (Å²) in [4.78, 5) is 33.5. The number of hydrogen-bond acceptors (Lipinski definition) is 6. The number of carbonyl (C=O) groups excluding carboxylic acids is 2. The smallest absolute Gasteiger partial charge is 0.259 e. The van der Waals surface area contributed by atoms with Crippen LogP contribution in [0.5, 0.6) is 5.88 Å². The highest BCUT2D eigenvalue weighted by Crippen LogP contribution is 2.32. The van der Waals surface area contributed by atoms with Gasteiger partial charge in [-0.3, -0.25) is 9.59 Å². The Hall–Kier alpha value is -2.63. The minimum Gasteiger partial charge on any atom is -0.472 e. The number of fused-ring (bicyclic) bond motifs is 1. The molecule has 3 atom stereocenters. The van der Waals surface area contributed by atoms with E-state index in [4.69, 9.17) is 4.74 Å². The van der Waals surface area contributed by atoms with E-state index in [1.165, 1.54) is 6.20 Å². The third-order valence-corrected chi connectivity index (χ3v) is 5.79. The highest BCUT2D eigenvalue weighted by atomic mass is 16.5. The molecule has 8 heteroatoms. The molecule has 0 unspecified atom stereocenters. The van der Waals surface area contributed by atoms with Crippen LogP contribution in [0.25, 0.3) is 0 Å². The molecule has 1 aromatic heterocycles. The fourth-order valence-corrected chi connectivity index (χ4v) is 3.62. The topological polar surface area (TPSA) is 103 Å². The van der Waals surface area contributed by atoms with E-state index in [9.17, 15) is 19.8 Å². The number of aliphatic hydroxyl groups excluding tert-OH is 1. The van der Waals surface area contributed by atoms with Gasteiger partial charge in [-0.2, -0.15) is 0 Å². The Morgan fingerprint density at radius 1 is 1.44 bits per heavy atom. The zero-order valence-electron chi connectivity index (χ0n) is 19.5. The molecule has 32 heavy (non-hydrogen) atoms. The quantitative estimate of drug-likeness (QED) is 0.665. The van der Waals surface area contributed by atoms with Crippen LogP contribution in [0.2, 0.25) is 0 Å². The van der Waals surface area contributed by atoms with Gasteiger partial charge in [0, 0.05) is 37.2 Å². The van der Waals surface area contributed by atoms with Crippen molar-refractivity contribution in [3.05, 3.63) is 23.4 Å². The monoisotopic (exact) mass is 443 g/mol. The lowest BCUT2D eigenvalue weighted by Gasteiger charge is -2.37. The number of aromatic nitrogens is 1. The Morgan fingerprint density at radius 2 is 2.12 bits per heavy atom. The Bertz CT molecular complexity index is 926. The van der Waals surface area contributed by atoms with Crippen molar-refractivity contribution < 1.29 is 24.5 Å². The van der Waals surface area contributed by atoms with Gasteiger partial charge in [-0.1, -0.05) is 18.8 Å². The lowest BCUT2D eigenvalue weighted by atomic mass is 9.99. The molecule has 0 aromatic carbocycles. The number of nitrogens with zero attached hydrogens (tertiary/aromatic N) is 3. The molecule has 174 valence electrons. The number of ether oxygens (including phenoxy) is 1. The van der Waals surface area contributed by atoms with E-state index in [1.807, 2.05) is 6.92 Å². The molecule has 1 aliphatic heterocycles. The number of carbonyl (C=O) groups is 2. The second-order valence-corrected chi connectivity index (χ2v) is 9.50. The van der Waals surface area contributed by atoms with Gasteiger partial charge in [-0.25, -0.2) is 4.98 Å². The first-order valence-electron chi connectivity index (χ1n) is 11.1. The van der Waals surface area contributed by atoms with Gasteiger partial charge in [0.2, 0.25) is 11.8 Å². The fourth-order valence-electron chi connectivity index (χ4n) is 3.62. The Morgan fingerprint density at radius 3 is 2.72 bits per heavy atom. The van der Waals surface area contributed by atoms with Crippen molar-refractivity contribution in [3.8, 4) is 17.7 Å². The maximum Gasteiger partial charge on any atom is 0.259 e. The molecule has 1 saturated carbocycles. The normalized spacial score (nSPS) is 22.0. The van der Waals surface area contributed by atoms with Crippen molar-refractivity contribution >= 4 is 11.8 Å². The first-order valence-corrected chi connectivity index (χ1v) is 11.1. The van der Waals surface area contributed by atoms with E-state index in [2.05, 4.69) is 16.8 Å². The van der Waals surface area contributed by atoms with Crippen LogP contribution in [0.4, 0.5) is 0 Å². The molecule has 0 saturated heterocycles. The van der Waals surface area contributed by atoms with Crippen molar-refractivity contribution in [3.63, 3.8) is 0 Å². The number of hydrogen-bond donors (Lipinski definition) is 2. The fraction of sp³-hybridized carbons (Fsp3) is 0.625. The second-order valence-electron chi connectivity index (χ2n) is 9.50. The summed E-state index contributed by atoms with van der Waals surface area (Å²) in [5.74, 6) is 5.58. The summed E-state index contributed by atoms with van der Waals surface area (Å²) in [5.41, 5.74) is -0.451. The standard InChI is InChI=1S/C24H33N3O5/c1-15-12-27(16(2)14-28)23(30)19-10-17(8-9-24(3,4)31)11-25-21(19)32-20(15)13-26(5)22(29)18-6-7-18/h10-11,15-16,18,20,28,31H,6-7,12-14H2,1-5H3/t15-,16-,20-/m1/s1. The predicted molar refractivity (Wildman–Crippen MR) is 119 cm³/mol. The molecule has 2 aliphatic rings. The van der Waals surface area contributed by atoms with Crippen LogP contribution in [-0.4, -0.2) is 81.3 Å². The summed E-state index contributed by atoms with van der Waals surface area (Å²) in [6.07, 6.45) is 3.00. The van der Waals surface area contributed by atoms with Gasteiger partial charge in [-0.05, 0) is 39.7 Å². The van der Waals surface area contributed by atoms with E-state index >= 15 is 0 Å². The Kier molecular flexibility index (Phi) is 7.11. The number of rotatable bonds is 5. The Balaban J connectivity index is 1.96. The van der Waals surface area contributed by atoms with Crippen molar-refractivity contribution in [2.45, 2.75) is 58.3 Å². The highest BCUT2D eigenvalue weighted by molar-refractivity contribution is 5.97. The van der Waals surface area contributed by atoms with Crippen LogP contribution in [0.1, 0.15) is 56.5 Å². The second kappa shape index (κ2) is 9.47. The van der Waals surface area contributed by atoms with Crippen LogP contribution in [0.3, 0.4) is 0 Å². The molecule has 1 aliphatic carbocycles. The number of aliphatic hydroxyl groups is 2. The van der Waals surface area contributed by atoms with Gasteiger partial charge >= 0.3 is 0 Å². The van der Waals surface area contributed by atoms with E-state index < -0.39 is 11.6 Å². The third-order valence-electron chi connectivity index (χ3n) is 5.79. The summed E-state index contributed by atoms with van der Waals surface area (Å²) in [5, 5.41) is 19.6. The molecule has 0 radical (unpaired) electrons. The molecule has 2 heterocycles. The first-order chi connectivity index (χ1) is 15.0. The van der Waals surface area contributed by atoms with Crippen molar-refractivity contribution in [2.75, 3.05) is 26.7 Å². The minimum absolute atomic E-state index is 0.0907. The SMILES string of the molecule is C[C@@H]1CN([C@H](C)CO)C(=O)c2cc(C#CC(C)(C)O)cnc2O[C@@H]1CN(C)C(=O)C1CC1. The van der Waals surface area contributed by atoms with Crippen LogP contribution >= 0.6 is 0 Å². The van der Waals surface area contributed by atoms with Crippen molar-refractivity contribution in [1.82, 2.24) is 14.8 Å². The van der Waals surface area contributed by atoms with Crippen LogP contribution in [0, 0.1) is 23.7 Å². The van der Waals surface area contributed by atoms with Crippen LogP contribution < -0.4 is 4.74 Å². The van der Waals surface area contributed by atoms with Crippen molar-refractivity contribution in [2.24, 2.45) is 11.8 Å². The predicted octanol–water partition coefficient (Wildman–Crippen LogP) is 1.29. The summed E-state index contributed by atoms with van der Waals surface area (Å²) >= 11 is 0. The molecule has 2 N–H and O–H groups in total. The minimum atomic E-state index is -1.18. The average Bonchev–Trinajstić information content (AvgIpc) is 3.58. The lowest BCUT2D eigenvalue weighted by Crippen LogP contribution is -2.50. The van der Waals surface area contributed by atoms with E-state index in [1.54, 1.807) is 43.7 Å². The molecule has 0 bridgehead atoms. The number of likely N-dealkylation sites (N-methyl/N-ethyl adjacent to an activating group) is 1. The molecule has 1 fully saturated rings. The summed E-state index contributed by atoms with van der Waals surface area (Å²) in [6.45, 7) is 7.49. The van der Waals surface area contributed by atoms with E-state index in [0.717, 1.165) is 12.8 Å². The van der Waals surface area contributed by atoms with Gasteiger partial charge < -0.3 is 24.7 Å². The van der Waals surface area contributed by atoms with Gasteiger partial charge in [0.25, 0.3) is 5.91 Å².